The molecular formula is C13H11O4P. The van der Waals surface area contributed by atoms with E-state index < -0.39 is 13.8 Å². The molecule has 0 aliphatic rings. The molecule has 0 heterocycles. The van der Waals surface area contributed by atoms with Gasteiger partial charge in [-0.15, -0.1) is 0 Å². The molecule has 2 aromatic carbocycles. The second-order valence-corrected chi connectivity index (χ2v) is 5.44. The van der Waals surface area contributed by atoms with E-state index in [4.69, 9.17) is 5.11 Å². The van der Waals surface area contributed by atoms with Crippen LogP contribution in [0.2, 0.25) is 0 Å². The highest BCUT2D eigenvalue weighted by Gasteiger charge is 2.19. The molecule has 2 rings (SSSR count). The topological polar surface area (TPSA) is 74.6 Å². The number of aromatic carboxylic acids is 1. The summed E-state index contributed by atoms with van der Waals surface area (Å²) in [5.41, 5.74) is -0.122. The number of rotatable bonds is 3. The Morgan fingerprint density at radius 3 is 2.28 bits per heavy atom. The normalized spacial score (nSPS) is 12.0. The van der Waals surface area contributed by atoms with Gasteiger partial charge in [0, 0.05) is 5.30 Å². The lowest BCUT2D eigenvalue weighted by atomic mass is 10.2. The minimum atomic E-state index is -2.53. The third kappa shape index (κ3) is 2.29. The minimum Gasteiger partial charge on any atom is -0.507 e. The van der Waals surface area contributed by atoms with Crippen molar-refractivity contribution in [1.29, 1.82) is 0 Å². The van der Waals surface area contributed by atoms with Crippen LogP contribution in [0.3, 0.4) is 0 Å². The minimum absolute atomic E-state index is 0.00111. The van der Waals surface area contributed by atoms with E-state index in [2.05, 4.69) is 0 Å². The lowest BCUT2D eigenvalue weighted by Gasteiger charge is -2.08. The van der Waals surface area contributed by atoms with Gasteiger partial charge >= 0.3 is 5.97 Å². The summed E-state index contributed by atoms with van der Waals surface area (Å²) < 4.78 is 12.4. The number of hydrogen-bond acceptors (Lipinski definition) is 3. The van der Waals surface area contributed by atoms with E-state index >= 15 is 0 Å². The molecule has 0 bridgehead atoms. The Labute approximate surface area is 104 Å². The Morgan fingerprint density at radius 1 is 1.00 bits per heavy atom. The van der Waals surface area contributed by atoms with Crippen LogP contribution in [0, 0.1) is 0 Å². The maximum Gasteiger partial charge on any atom is 0.336 e. The molecule has 0 saturated heterocycles. The van der Waals surface area contributed by atoms with Crippen LogP contribution in [0.5, 0.6) is 5.75 Å². The average molecular weight is 262 g/mol. The largest absolute Gasteiger partial charge is 0.507 e. The number of carboxylic acids is 1. The Hall–Kier alpha value is -2.06. The number of benzene rings is 2. The van der Waals surface area contributed by atoms with Crippen LogP contribution in [0.4, 0.5) is 0 Å². The quantitative estimate of drug-likeness (QED) is 0.824. The van der Waals surface area contributed by atoms with Crippen LogP contribution in [-0.4, -0.2) is 16.2 Å². The summed E-state index contributed by atoms with van der Waals surface area (Å²) in [6.07, 6.45) is 0. The fourth-order valence-corrected chi connectivity index (χ4v) is 3.23. The van der Waals surface area contributed by atoms with Crippen molar-refractivity contribution >= 4 is 24.4 Å². The molecule has 0 aliphatic heterocycles. The molecule has 2 N–H and O–H groups in total. The monoisotopic (exact) mass is 262 g/mol. The number of phenols is 1. The summed E-state index contributed by atoms with van der Waals surface area (Å²) in [5.74, 6) is -1.45. The summed E-state index contributed by atoms with van der Waals surface area (Å²) in [4.78, 5) is 11.1. The molecular weight excluding hydrogens is 251 g/mol. The molecule has 0 aliphatic carbocycles. The van der Waals surface area contributed by atoms with E-state index in [-0.39, 0.29) is 16.6 Å². The van der Waals surface area contributed by atoms with Gasteiger partial charge < -0.3 is 14.8 Å². The van der Waals surface area contributed by atoms with Crippen molar-refractivity contribution in [1.82, 2.24) is 0 Å². The summed E-state index contributed by atoms with van der Waals surface area (Å²) in [6.45, 7) is 0. The van der Waals surface area contributed by atoms with Crippen LogP contribution in [0.15, 0.2) is 48.5 Å². The molecule has 0 spiro atoms. The molecule has 4 nitrogen and oxygen atoms in total. The molecule has 5 heteroatoms. The second kappa shape index (κ2) is 5.07. The van der Waals surface area contributed by atoms with Gasteiger partial charge in [0.15, 0.2) is 0 Å². The molecule has 1 unspecified atom stereocenters. The Kier molecular flexibility index (Phi) is 3.49. The van der Waals surface area contributed by atoms with Crippen LogP contribution >= 0.6 is 7.80 Å². The van der Waals surface area contributed by atoms with Crippen molar-refractivity contribution in [2.45, 2.75) is 0 Å². The highest BCUT2D eigenvalue weighted by Crippen LogP contribution is 2.27. The SMILES string of the molecule is O=C(O)c1cccc(O)c1[PH](=O)c1ccccc1. The van der Waals surface area contributed by atoms with Gasteiger partial charge in [-0.2, -0.15) is 0 Å². The first-order valence-corrected chi connectivity index (χ1v) is 6.67. The molecule has 0 radical (unpaired) electrons. The maximum atomic E-state index is 12.4. The molecule has 2 aromatic rings. The van der Waals surface area contributed by atoms with Gasteiger partial charge in [0.1, 0.15) is 13.6 Å². The molecule has 1 atom stereocenters. The van der Waals surface area contributed by atoms with Crippen LogP contribution in [0.1, 0.15) is 10.4 Å². The number of aromatic hydroxyl groups is 1. The predicted octanol–water partition coefficient (Wildman–Crippen LogP) is 1.60. The van der Waals surface area contributed by atoms with Gasteiger partial charge in [-0.3, -0.25) is 0 Å². The number of carboxylic acid groups (broad SMARTS) is 1. The smallest absolute Gasteiger partial charge is 0.336 e. The zero-order chi connectivity index (χ0) is 13.1. The lowest BCUT2D eigenvalue weighted by molar-refractivity contribution is 0.0698. The van der Waals surface area contributed by atoms with Crippen LogP contribution < -0.4 is 10.6 Å². The van der Waals surface area contributed by atoms with Gasteiger partial charge in [-0.05, 0) is 12.1 Å². The van der Waals surface area contributed by atoms with E-state index in [1.807, 2.05) is 0 Å². The predicted molar refractivity (Wildman–Crippen MR) is 69.8 cm³/mol. The van der Waals surface area contributed by atoms with Gasteiger partial charge in [0.05, 0.1) is 10.9 Å². The molecule has 0 amide bonds. The van der Waals surface area contributed by atoms with Crippen molar-refractivity contribution in [2.24, 2.45) is 0 Å². The van der Waals surface area contributed by atoms with Crippen molar-refractivity contribution in [3.05, 3.63) is 54.1 Å². The third-order valence-electron chi connectivity index (χ3n) is 2.54. The van der Waals surface area contributed by atoms with E-state index in [1.165, 1.54) is 18.2 Å². The van der Waals surface area contributed by atoms with Crippen molar-refractivity contribution in [3.8, 4) is 5.75 Å². The fourth-order valence-electron chi connectivity index (χ4n) is 1.69. The highest BCUT2D eigenvalue weighted by molar-refractivity contribution is 7.61. The van der Waals surface area contributed by atoms with Crippen LogP contribution in [-0.2, 0) is 4.57 Å². The van der Waals surface area contributed by atoms with E-state index in [9.17, 15) is 14.5 Å². The number of phenolic OH excluding ortho intramolecular Hbond substituents is 1. The van der Waals surface area contributed by atoms with E-state index in [1.54, 1.807) is 30.3 Å². The highest BCUT2D eigenvalue weighted by atomic mass is 31.1. The summed E-state index contributed by atoms with van der Waals surface area (Å²) in [5, 5.41) is 19.3. The van der Waals surface area contributed by atoms with Gasteiger partial charge in [0.25, 0.3) is 0 Å². The number of hydrogen-bond donors (Lipinski definition) is 2. The summed E-state index contributed by atoms with van der Waals surface area (Å²) in [6, 6.07) is 12.6. The van der Waals surface area contributed by atoms with E-state index in [0.29, 0.717) is 5.30 Å². The third-order valence-corrected chi connectivity index (χ3v) is 4.37. The van der Waals surface area contributed by atoms with Crippen molar-refractivity contribution in [3.63, 3.8) is 0 Å². The zero-order valence-electron chi connectivity index (χ0n) is 9.33. The molecule has 0 aromatic heterocycles. The maximum absolute atomic E-state index is 12.4. The lowest BCUT2D eigenvalue weighted by Crippen LogP contribution is -2.16. The Balaban J connectivity index is 2.58. The first-order chi connectivity index (χ1) is 8.61. The van der Waals surface area contributed by atoms with Gasteiger partial charge in [0.2, 0.25) is 0 Å². The van der Waals surface area contributed by atoms with Gasteiger partial charge in [-0.1, -0.05) is 36.4 Å². The van der Waals surface area contributed by atoms with Crippen molar-refractivity contribution in [2.75, 3.05) is 0 Å². The van der Waals surface area contributed by atoms with Crippen molar-refractivity contribution < 1.29 is 19.6 Å². The molecule has 0 saturated carbocycles. The Morgan fingerprint density at radius 2 is 1.67 bits per heavy atom. The molecule has 18 heavy (non-hydrogen) atoms. The average Bonchev–Trinajstić information content (AvgIpc) is 2.38. The van der Waals surface area contributed by atoms with Gasteiger partial charge in [-0.25, -0.2) is 4.79 Å². The first kappa shape index (κ1) is 12.4. The standard InChI is InChI=1S/C13H11O4P/c14-11-8-4-7-10(13(15)16)12(11)18(17)9-5-2-1-3-6-9/h1-8,14,18H,(H,15,16). The first-order valence-electron chi connectivity index (χ1n) is 5.26. The number of carbonyl (C=O) groups is 1. The van der Waals surface area contributed by atoms with Crippen LogP contribution in [0.25, 0.3) is 0 Å². The zero-order valence-corrected chi connectivity index (χ0v) is 10.3. The molecule has 92 valence electrons. The fraction of sp³-hybridized carbons (Fsp3) is 0. The Bertz CT molecular complexity index is 608. The summed E-state index contributed by atoms with van der Waals surface area (Å²) in [7, 11) is -2.53. The summed E-state index contributed by atoms with van der Waals surface area (Å²) >= 11 is 0. The van der Waals surface area contributed by atoms with E-state index in [0.717, 1.165) is 0 Å². The second-order valence-electron chi connectivity index (χ2n) is 3.70. The molecule has 0 fully saturated rings.